The second-order valence-corrected chi connectivity index (χ2v) is 22.7. The normalized spacial score (nSPS) is 15.8. The van der Waals surface area contributed by atoms with Crippen molar-refractivity contribution in [1.29, 1.82) is 0 Å². The number of aliphatic hydroxyl groups is 2. The van der Waals surface area contributed by atoms with E-state index in [9.17, 15) is 10.2 Å². The number of hydrogen-bond acceptors (Lipinski definition) is 2. The highest BCUT2D eigenvalue weighted by atomic mass is 28.3. The molecule has 0 aromatic carbocycles. The lowest BCUT2D eigenvalue weighted by atomic mass is 9.83. The lowest BCUT2D eigenvalue weighted by Gasteiger charge is -2.40. The average Bonchev–Trinajstić information content (AvgIpc) is 2.67. The van der Waals surface area contributed by atoms with Crippen molar-refractivity contribution >= 4 is 16.1 Å². The minimum atomic E-state index is -2.17. The van der Waals surface area contributed by atoms with Crippen LogP contribution in [0.4, 0.5) is 0 Å². The van der Waals surface area contributed by atoms with Gasteiger partial charge in [0.15, 0.2) is 11.2 Å². The molecule has 4 heteroatoms. The van der Waals surface area contributed by atoms with E-state index in [1.807, 2.05) is 0 Å². The first-order valence-corrected chi connectivity index (χ1v) is 17.2. The zero-order valence-corrected chi connectivity index (χ0v) is 25.9. The van der Waals surface area contributed by atoms with Gasteiger partial charge >= 0.3 is 0 Å². The van der Waals surface area contributed by atoms with E-state index in [-0.39, 0.29) is 0 Å². The van der Waals surface area contributed by atoms with E-state index in [1.165, 1.54) is 12.2 Å². The van der Waals surface area contributed by atoms with Gasteiger partial charge in [-0.3, -0.25) is 0 Å². The monoisotopic (exact) mass is 498 g/mol. The summed E-state index contributed by atoms with van der Waals surface area (Å²) in [5.41, 5.74) is 10.8. The van der Waals surface area contributed by atoms with Crippen molar-refractivity contribution in [1.82, 2.24) is 0 Å². The molecular weight excluding hydrogens is 449 g/mol. The Morgan fingerprint density at radius 1 is 0.529 bits per heavy atom. The molecule has 0 rings (SSSR count). The van der Waals surface area contributed by atoms with Crippen molar-refractivity contribution in [3.63, 3.8) is 0 Å². The van der Waals surface area contributed by atoms with Gasteiger partial charge in [0.2, 0.25) is 0 Å². The summed E-state index contributed by atoms with van der Waals surface area (Å²) in [6.07, 6.45) is 2.68. The highest BCUT2D eigenvalue weighted by Crippen LogP contribution is 2.42. The van der Waals surface area contributed by atoms with Crippen LogP contribution in [-0.2, 0) is 0 Å². The number of hydrogen-bond donors (Lipinski definition) is 2. The molecule has 190 valence electrons. The summed E-state index contributed by atoms with van der Waals surface area (Å²) in [7, 11) is -4.34. The van der Waals surface area contributed by atoms with Crippen molar-refractivity contribution in [2.24, 2.45) is 0 Å². The van der Waals surface area contributed by atoms with Gasteiger partial charge in [0.25, 0.3) is 0 Å². The maximum absolute atomic E-state index is 11.8. The molecule has 0 radical (unpaired) electrons. The van der Waals surface area contributed by atoms with Crippen molar-refractivity contribution in [2.45, 2.75) is 128 Å². The third kappa shape index (κ3) is 6.19. The van der Waals surface area contributed by atoms with Crippen LogP contribution in [0.15, 0.2) is 36.8 Å². The predicted octanol–water partition coefficient (Wildman–Crippen LogP) is 7.57. The maximum Gasteiger partial charge on any atom is 0.195 e. The van der Waals surface area contributed by atoms with Crippen LogP contribution < -0.4 is 0 Å². The van der Waals surface area contributed by atoms with E-state index in [1.54, 1.807) is 0 Å². The highest BCUT2D eigenvalue weighted by Gasteiger charge is 2.48. The molecule has 0 aliphatic heterocycles. The lowest BCUT2D eigenvalue weighted by molar-refractivity contribution is -0.0159. The molecule has 34 heavy (non-hydrogen) atoms. The summed E-state index contributed by atoms with van der Waals surface area (Å²) in [4.78, 5) is 0. The van der Waals surface area contributed by atoms with Crippen LogP contribution in [0.2, 0.25) is 33.2 Å². The molecule has 0 aliphatic carbocycles. The molecule has 0 fully saturated rings. The minimum Gasteiger partial charge on any atom is -0.370 e. The van der Waals surface area contributed by atoms with Gasteiger partial charge in [-0.05, 0) is 33.2 Å². The molecule has 0 spiro atoms. The largest absolute Gasteiger partial charge is 0.370 e. The first-order valence-electron chi connectivity index (χ1n) is 12.7. The fraction of sp³-hybridized carbons (Fsp3) is 0.667. The first-order chi connectivity index (χ1) is 15.4. The number of rotatable bonds is 9. The Morgan fingerprint density at radius 3 is 0.882 bits per heavy atom. The zero-order chi connectivity index (χ0) is 27.1. The highest BCUT2D eigenvalue weighted by molar-refractivity contribution is 6.91. The van der Waals surface area contributed by atoms with Gasteiger partial charge in [0.1, 0.15) is 16.1 Å². The van der Waals surface area contributed by atoms with Crippen LogP contribution in [0.25, 0.3) is 0 Å². The average molecular weight is 499 g/mol. The summed E-state index contributed by atoms with van der Waals surface area (Å²) in [6.45, 7) is 33.9. The summed E-state index contributed by atoms with van der Waals surface area (Å²) < 4.78 is 0. The van der Waals surface area contributed by atoms with Crippen LogP contribution in [-0.4, -0.2) is 37.6 Å². The molecule has 0 heterocycles. The third-order valence-corrected chi connectivity index (χ3v) is 20.5. The van der Waals surface area contributed by atoms with Crippen LogP contribution in [0.3, 0.4) is 0 Å². The van der Waals surface area contributed by atoms with E-state index in [0.29, 0.717) is 33.2 Å². The molecule has 0 aromatic rings. The second kappa shape index (κ2) is 12.5. The van der Waals surface area contributed by atoms with Crippen LogP contribution >= 0.6 is 0 Å². The molecule has 0 aromatic heterocycles. The second-order valence-electron chi connectivity index (χ2n) is 11.5. The standard InChI is InChI=1S/C30H50O2Si2/c1-15-17-29(31,19-21-33(23(3)4,24(5)6)25(7)8)30(32,18-16-2)20-22-34(26(9)10,27(11)12)28(13)14/h17-18,23-28,31-32H,1-2H2,3-14H3/t29-,30-/m0/s1. The topological polar surface area (TPSA) is 40.5 Å². The van der Waals surface area contributed by atoms with Gasteiger partial charge in [-0.15, -0.1) is 22.5 Å². The van der Waals surface area contributed by atoms with Crippen molar-refractivity contribution in [3.8, 4) is 22.9 Å². The van der Waals surface area contributed by atoms with E-state index in [4.69, 9.17) is 0 Å². The molecule has 2 nitrogen and oxygen atoms in total. The molecule has 2 atom stereocenters. The Morgan fingerprint density at radius 2 is 0.735 bits per heavy atom. The van der Waals surface area contributed by atoms with E-state index >= 15 is 0 Å². The molecule has 0 aliphatic rings. The molecule has 0 saturated carbocycles. The van der Waals surface area contributed by atoms with E-state index in [0.717, 1.165) is 0 Å². The zero-order valence-electron chi connectivity index (χ0n) is 23.9. The first kappa shape index (κ1) is 32.5. The van der Waals surface area contributed by atoms with Crippen molar-refractivity contribution in [3.05, 3.63) is 36.8 Å². The summed E-state index contributed by atoms with van der Waals surface area (Å²) >= 11 is 0. The predicted molar refractivity (Wildman–Crippen MR) is 155 cm³/mol. The minimum absolute atomic E-state index is 0.383. The fourth-order valence-electron chi connectivity index (χ4n) is 6.05. The SMILES string of the molecule is C=C=C[C@](O)(C#C[Si](C(C)C)(C(C)C)C(C)C)[C@@](O)(C#C[Si](C(C)C)(C(C)C)C(C)C)C=C=C. The lowest BCUT2D eigenvalue weighted by Crippen LogP contribution is -2.52. The smallest absolute Gasteiger partial charge is 0.195 e. The van der Waals surface area contributed by atoms with Crippen molar-refractivity contribution in [2.75, 3.05) is 0 Å². The molecular formula is C30H50O2Si2. The van der Waals surface area contributed by atoms with Gasteiger partial charge < -0.3 is 10.2 Å². The van der Waals surface area contributed by atoms with Gasteiger partial charge in [0, 0.05) is 12.2 Å². The van der Waals surface area contributed by atoms with Gasteiger partial charge in [-0.1, -0.05) is 108 Å². The fourth-order valence-corrected chi connectivity index (χ4v) is 16.6. The van der Waals surface area contributed by atoms with Crippen LogP contribution in [0, 0.1) is 22.9 Å². The summed E-state index contributed by atoms with van der Waals surface area (Å²) in [5.74, 6) is 6.21. The Hall–Kier alpha value is -1.49. The molecule has 0 saturated heterocycles. The van der Waals surface area contributed by atoms with Crippen LogP contribution in [0.1, 0.15) is 83.1 Å². The molecule has 0 unspecified atom stereocenters. The Bertz CT molecular complexity index is 787. The van der Waals surface area contributed by atoms with Gasteiger partial charge in [0.05, 0.1) is 0 Å². The molecule has 2 N–H and O–H groups in total. The Balaban J connectivity index is 7.38. The quantitative estimate of drug-likeness (QED) is 0.195. The Kier molecular flexibility index (Phi) is 11.9. The van der Waals surface area contributed by atoms with Crippen molar-refractivity contribution < 1.29 is 10.2 Å². The van der Waals surface area contributed by atoms with Crippen LogP contribution in [0.5, 0.6) is 0 Å². The van der Waals surface area contributed by atoms with E-state index < -0.39 is 27.3 Å². The summed E-state index contributed by atoms with van der Waals surface area (Å²) in [6, 6.07) is 0. The van der Waals surface area contributed by atoms with E-state index in [2.05, 4.69) is 131 Å². The molecule has 0 amide bonds. The third-order valence-electron chi connectivity index (χ3n) is 7.87. The summed E-state index contributed by atoms with van der Waals surface area (Å²) in [5, 5.41) is 23.7. The maximum atomic E-state index is 11.8. The molecule has 0 bridgehead atoms. The van der Waals surface area contributed by atoms with Gasteiger partial charge in [-0.25, -0.2) is 0 Å². The Labute approximate surface area is 213 Å². The van der Waals surface area contributed by atoms with Gasteiger partial charge in [-0.2, -0.15) is 0 Å².